The lowest BCUT2D eigenvalue weighted by molar-refractivity contribution is -0.125. The fourth-order valence-electron chi connectivity index (χ4n) is 5.47. The molecule has 0 radical (unpaired) electrons. The molecule has 1 saturated heterocycles. The number of hydrogen-bond donors (Lipinski definition) is 1. The summed E-state index contributed by atoms with van der Waals surface area (Å²) >= 11 is 0. The highest BCUT2D eigenvalue weighted by Crippen LogP contribution is 2.40. The van der Waals surface area contributed by atoms with Crippen molar-refractivity contribution in [2.45, 2.75) is 57.3 Å². The largest absolute Gasteiger partial charge is 0.350 e. The maximum Gasteiger partial charge on any atom is 0.254 e. The monoisotopic (exact) mass is 442 g/mol. The molecule has 2 heterocycles. The minimum absolute atomic E-state index is 0.0239. The zero-order valence-electron chi connectivity index (χ0n) is 18.8. The van der Waals surface area contributed by atoms with Crippen LogP contribution in [0.25, 0.3) is 0 Å². The van der Waals surface area contributed by atoms with Crippen molar-refractivity contribution < 1.29 is 9.59 Å². The van der Waals surface area contributed by atoms with Crippen LogP contribution in [0, 0.1) is 5.92 Å². The molecule has 1 aliphatic carbocycles. The van der Waals surface area contributed by atoms with Gasteiger partial charge in [-0.25, -0.2) is 0 Å². The number of hydrogen-bond acceptors (Lipinski definition) is 3. The number of amides is 2. The van der Waals surface area contributed by atoms with Gasteiger partial charge in [-0.15, -0.1) is 0 Å². The summed E-state index contributed by atoms with van der Waals surface area (Å²) in [5.74, 6) is 0.334. The van der Waals surface area contributed by atoms with E-state index in [-0.39, 0.29) is 17.9 Å². The van der Waals surface area contributed by atoms with Crippen LogP contribution in [0.1, 0.15) is 53.6 Å². The van der Waals surface area contributed by atoms with Crippen LogP contribution in [0.2, 0.25) is 0 Å². The van der Waals surface area contributed by atoms with E-state index in [0.717, 1.165) is 36.8 Å². The fraction of sp³-hybridized carbons (Fsp3) is 0.370. The van der Waals surface area contributed by atoms with Crippen LogP contribution in [-0.4, -0.2) is 38.6 Å². The third-order valence-corrected chi connectivity index (χ3v) is 7.11. The van der Waals surface area contributed by atoms with E-state index in [9.17, 15) is 9.59 Å². The van der Waals surface area contributed by atoms with Crippen LogP contribution in [0.15, 0.2) is 73.1 Å². The minimum atomic E-state index is -0.413. The fourth-order valence-corrected chi connectivity index (χ4v) is 5.47. The number of nitrogens with one attached hydrogen (secondary N) is 1. The van der Waals surface area contributed by atoms with Crippen molar-refractivity contribution in [3.63, 3.8) is 0 Å². The quantitative estimate of drug-likeness (QED) is 0.627. The van der Waals surface area contributed by atoms with E-state index < -0.39 is 6.04 Å². The van der Waals surface area contributed by atoms with E-state index in [1.54, 1.807) is 6.20 Å². The molecule has 3 unspecified atom stereocenters. The highest BCUT2D eigenvalue weighted by Gasteiger charge is 2.47. The van der Waals surface area contributed by atoms with Gasteiger partial charge in [0, 0.05) is 30.5 Å². The molecule has 1 saturated carbocycles. The minimum Gasteiger partial charge on any atom is -0.350 e. The second-order valence-electron chi connectivity index (χ2n) is 9.13. The van der Waals surface area contributed by atoms with Crippen molar-refractivity contribution in [2.75, 3.05) is 0 Å². The van der Waals surface area contributed by atoms with Crippen LogP contribution in [0.5, 0.6) is 0 Å². The van der Waals surface area contributed by atoms with Gasteiger partial charge in [0.15, 0.2) is 0 Å². The Hall–Kier alpha value is -3.41. The number of fused-ring (bicyclic) bond motifs is 1. The number of benzene rings is 2. The SMILES string of the molecule is O=C(NCc1ccccc1Cn1cccn1)C1CC2CCCCC2N1C(=O)c1ccccc1. The molecule has 0 bridgehead atoms. The van der Waals surface area contributed by atoms with Gasteiger partial charge in [-0.2, -0.15) is 5.10 Å². The zero-order valence-corrected chi connectivity index (χ0v) is 18.8. The average molecular weight is 443 g/mol. The van der Waals surface area contributed by atoms with Crippen LogP contribution in [0.4, 0.5) is 0 Å². The molecule has 2 aromatic carbocycles. The van der Waals surface area contributed by atoms with Crippen LogP contribution < -0.4 is 5.32 Å². The molecule has 2 fully saturated rings. The van der Waals surface area contributed by atoms with E-state index in [2.05, 4.69) is 16.5 Å². The van der Waals surface area contributed by atoms with Gasteiger partial charge in [0.25, 0.3) is 5.91 Å². The van der Waals surface area contributed by atoms with Crippen LogP contribution >= 0.6 is 0 Å². The molecule has 6 heteroatoms. The summed E-state index contributed by atoms with van der Waals surface area (Å²) in [5.41, 5.74) is 2.85. The number of carbonyl (C=O) groups excluding carboxylic acids is 2. The molecule has 1 aliphatic heterocycles. The smallest absolute Gasteiger partial charge is 0.254 e. The Labute approximate surface area is 194 Å². The molecule has 3 atom stereocenters. The molecule has 6 nitrogen and oxygen atoms in total. The summed E-state index contributed by atoms with van der Waals surface area (Å²) in [6, 6.07) is 19.1. The molecule has 2 amide bonds. The van der Waals surface area contributed by atoms with Gasteiger partial charge in [0.05, 0.1) is 6.54 Å². The lowest BCUT2D eigenvalue weighted by atomic mass is 9.84. The van der Waals surface area contributed by atoms with Crippen molar-refractivity contribution in [3.8, 4) is 0 Å². The third kappa shape index (κ3) is 4.56. The van der Waals surface area contributed by atoms with Crippen molar-refractivity contribution in [1.29, 1.82) is 0 Å². The van der Waals surface area contributed by atoms with Gasteiger partial charge in [0.1, 0.15) is 6.04 Å². The van der Waals surface area contributed by atoms with E-state index in [4.69, 9.17) is 0 Å². The second-order valence-corrected chi connectivity index (χ2v) is 9.13. The van der Waals surface area contributed by atoms with Gasteiger partial charge < -0.3 is 10.2 Å². The summed E-state index contributed by atoms with van der Waals surface area (Å²) in [6.45, 7) is 1.10. The average Bonchev–Trinajstić information content (AvgIpc) is 3.51. The molecular weight excluding hydrogens is 412 g/mol. The Morgan fingerprint density at radius 3 is 2.48 bits per heavy atom. The summed E-state index contributed by atoms with van der Waals surface area (Å²) in [5, 5.41) is 7.44. The van der Waals surface area contributed by atoms with Gasteiger partial charge in [-0.1, -0.05) is 55.3 Å². The third-order valence-electron chi connectivity index (χ3n) is 7.11. The van der Waals surface area contributed by atoms with Gasteiger partial charge >= 0.3 is 0 Å². The summed E-state index contributed by atoms with van der Waals surface area (Å²) in [7, 11) is 0. The molecule has 2 aliphatic rings. The number of likely N-dealkylation sites (tertiary alicyclic amines) is 1. The first-order valence-electron chi connectivity index (χ1n) is 11.9. The highest BCUT2D eigenvalue weighted by molar-refractivity contribution is 5.98. The van der Waals surface area contributed by atoms with E-state index in [1.165, 1.54) is 6.42 Å². The Kier molecular flexibility index (Phi) is 6.24. The first-order valence-corrected chi connectivity index (χ1v) is 11.9. The van der Waals surface area contributed by atoms with E-state index in [1.807, 2.05) is 70.4 Å². The predicted octanol–water partition coefficient (Wildman–Crippen LogP) is 4.02. The predicted molar refractivity (Wildman–Crippen MR) is 126 cm³/mol. The first-order chi connectivity index (χ1) is 16.2. The topological polar surface area (TPSA) is 67.2 Å². The maximum atomic E-state index is 13.5. The highest BCUT2D eigenvalue weighted by atomic mass is 16.2. The lowest BCUT2D eigenvalue weighted by Crippen LogP contribution is -2.49. The molecule has 1 aromatic heterocycles. The Morgan fingerprint density at radius 2 is 1.70 bits per heavy atom. The Bertz CT molecular complexity index is 1100. The molecule has 5 rings (SSSR count). The number of aromatic nitrogens is 2. The summed E-state index contributed by atoms with van der Waals surface area (Å²) in [4.78, 5) is 28.8. The maximum absolute atomic E-state index is 13.5. The second kappa shape index (κ2) is 9.61. The normalized spacial score (nSPS) is 22.1. The summed E-state index contributed by atoms with van der Waals surface area (Å²) < 4.78 is 1.88. The molecule has 3 aromatic rings. The number of nitrogens with zero attached hydrogens (tertiary/aromatic N) is 3. The van der Waals surface area contributed by atoms with Crippen LogP contribution in [-0.2, 0) is 17.9 Å². The van der Waals surface area contributed by atoms with Gasteiger partial charge in [-0.05, 0) is 54.5 Å². The number of carbonyl (C=O) groups is 2. The standard InChI is InChI=1S/C27H30N4O2/c32-26(28-18-22-12-4-5-13-23(22)19-30-16-8-15-29-30)25-17-21-11-6-7-14-24(21)31(25)27(33)20-9-2-1-3-10-20/h1-5,8-10,12-13,15-16,21,24-25H,6-7,11,14,17-19H2,(H,28,32). The van der Waals surface area contributed by atoms with Gasteiger partial charge in [0.2, 0.25) is 5.91 Å². The van der Waals surface area contributed by atoms with Crippen molar-refractivity contribution in [2.24, 2.45) is 5.92 Å². The summed E-state index contributed by atoms with van der Waals surface area (Å²) in [6.07, 6.45) is 8.84. The first kappa shape index (κ1) is 21.4. The number of rotatable bonds is 6. The molecule has 1 N–H and O–H groups in total. The zero-order chi connectivity index (χ0) is 22.6. The Balaban J connectivity index is 1.32. The molecule has 0 spiro atoms. The van der Waals surface area contributed by atoms with Crippen molar-refractivity contribution in [1.82, 2.24) is 20.0 Å². The molecular formula is C27H30N4O2. The van der Waals surface area contributed by atoms with E-state index >= 15 is 0 Å². The lowest BCUT2D eigenvalue weighted by Gasteiger charge is -2.33. The van der Waals surface area contributed by atoms with Crippen molar-refractivity contribution >= 4 is 11.8 Å². The van der Waals surface area contributed by atoms with Crippen molar-refractivity contribution in [3.05, 3.63) is 89.7 Å². The molecule has 33 heavy (non-hydrogen) atoms. The Morgan fingerprint density at radius 1 is 0.939 bits per heavy atom. The van der Waals surface area contributed by atoms with Gasteiger partial charge in [-0.3, -0.25) is 14.3 Å². The van der Waals surface area contributed by atoms with Crippen LogP contribution in [0.3, 0.4) is 0 Å². The molecule has 170 valence electrons. The van der Waals surface area contributed by atoms with E-state index in [0.29, 0.717) is 24.6 Å².